The van der Waals surface area contributed by atoms with Crippen molar-refractivity contribution in [3.05, 3.63) is 72.1 Å². The first-order chi connectivity index (χ1) is 14.6. The molecule has 2 heterocycles. The standard InChI is InChI=1S/C24H21N3O2S/c1-4-30-19-9-10-23(29-18-7-5-17(15-25)6-8-18)22(14-19)21-13-16(2)27(28-3)24-20(21)11-12-26-24/h5-14H,4H2,1-3H3/p+1. The minimum atomic E-state index is 0.606. The number of aromatic amines is 1. The SMILES string of the molecule is CCSc1ccc(Oc2ccc(C#N)cc2)c(-c2cc(C)[n+](OC)c3[nH]ccc23)c1. The third kappa shape index (κ3) is 3.72. The van der Waals surface area contributed by atoms with Crippen molar-refractivity contribution in [1.29, 1.82) is 5.26 Å². The quantitative estimate of drug-likeness (QED) is 0.344. The highest BCUT2D eigenvalue weighted by atomic mass is 32.2. The van der Waals surface area contributed by atoms with Crippen molar-refractivity contribution in [2.75, 3.05) is 12.9 Å². The highest BCUT2D eigenvalue weighted by Crippen LogP contribution is 2.39. The van der Waals surface area contributed by atoms with Gasteiger partial charge in [0.05, 0.1) is 23.2 Å². The summed E-state index contributed by atoms with van der Waals surface area (Å²) < 4.78 is 8.03. The summed E-state index contributed by atoms with van der Waals surface area (Å²) in [6, 6.07) is 19.7. The molecule has 0 aliphatic carbocycles. The van der Waals surface area contributed by atoms with Crippen molar-refractivity contribution >= 4 is 22.8 Å². The lowest BCUT2D eigenvalue weighted by molar-refractivity contribution is -0.870. The molecule has 0 spiro atoms. The van der Waals surface area contributed by atoms with Crippen molar-refractivity contribution in [3.63, 3.8) is 0 Å². The molecule has 0 bridgehead atoms. The highest BCUT2D eigenvalue weighted by molar-refractivity contribution is 7.99. The number of aromatic nitrogens is 2. The van der Waals surface area contributed by atoms with E-state index >= 15 is 0 Å². The van der Waals surface area contributed by atoms with E-state index in [4.69, 9.17) is 14.8 Å². The first kappa shape index (κ1) is 19.9. The van der Waals surface area contributed by atoms with Crippen LogP contribution in [0.3, 0.4) is 0 Å². The number of pyridine rings is 1. The minimum Gasteiger partial charge on any atom is -0.457 e. The van der Waals surface area contributed by atoms with E-state index in [-0.39, 0.29) is 0 Å². The molecule has 0 aliphatic heterocycles. The lowest BCUT2D eigenvalue weighted by Crippen LogP contribution is -2.44. The third-order valence-corrected chi connectivity index (χ3v) is 5.71. The molecule has 0 unspecified atom stereocenters. The van der Waals surface area contributed by atoms with Crippen LogP contribution < -0.4 is 14.3 Å². The van der Waals surface area contributed by atoms with Gasteiger partial charge in [0.25, 0.3) is 0 Å². The Kier molecular flexibility index (Phi) is 5.64. The Balaban J connectivity index is 1.87. The first-order valence-corrected chi connectivity index (χ1v) is 10.7. The number of rotatable bonds is 6. The smallest absolute Gasteiger partial charge is 0.326 e. The molecule has 0 aliphatic rings. The van der Waals surface area contributed by atoms with Crippen LogP contribution in [0.2, 0.25) is 0 Å². The lowest BCUT2D eigenvalue weighted by atomic mass is 10.0. The van der Waals surface area contributed by atoms with E-state index in [0.717, 1.165) is 39.4 Å². The van der Waals surface area contributed by atoms with Crippen LogP contribution in [0.15, 0.2) is 65.7 Å². The second kappa shape index (κ2) is 8.52. The van der Waals surface area contributed by atoms with Gasteiger partial charge in [0.15, 0.2) is 0 Å². The largest absolute Gasteiger partial charge is 0.457 e. The fourth-order valence-electron chi connectivity index (χ4n) is 3.52. The summed E-state index contributed by atoms with van der Waals surface area (Å²) in [7, 11) is 1.66. The molecule has 0 atom stereocenters. The predicted octanol–water partition coefficient (Wildman–Crippen LogP) is 5.27. The first-order valence-electron chi connectivity index (χ1n) is 9.67. The number of aryl methyl sites for hydroxylation is 1. The number of hydrogen-bond acceptors (Lipinski definition) is 4. The Morgan fingerprint density at radius 3 is 2.57 bits per heavy atom. The van der Waals surface area contributed by atoms with Gasteiger partial charge >= 0.3 is 5.65 Å². The van der Waals surface area contributed by atoms with Crippen molar-refractivity contribution in [3.8, 4) is 28.7 Å². The van der Waals surface area contributed by atoms with Gasteiger partial charge < -0.3 is 9.57 Å². The Bertz CT molecular complexity index is 1240. The van der Waals surface area contributed by atoms with E-state index < -0.39 is 0 Å². The molecule has 2 aromatic heterocycles. The third-order valence-electron chi connectivity index (χ3n) is 4.84. The number of H-pyrrole nitrogens is 1. The summed E-state index contributed by atoms with van der Waals surface area (Å²) in [4.78, 5) is 10.00. The van der Waals surface area contributed by atoms with E-state index in [0.29, 0.717) is 11.3 Å². The summed E-state index contributed by atoms with van der Waals surface area (Å²) in [5, 5.41) is 10.1. The molecule has 6 heteroatoms. The van der Waals surface area contributed by atoms with Crippen molar-refractivity contribution in [2.45, 2.75) is 18.7 Å². The van der Waals surface area contributed by atoms with Gasteiger partial charge in [0, 0.05) is 22.9 Å². The average molecular weight is 417 g/mol. The maximum atomic E-state index is 9.03. The molecular formula is C24H22N3O2S+. The molecule has 150 valence electrons. The van der Waals surface area contributed by atoms with Gasteiger partial charge in [-0.05, 0) is 65.1 Å². The maximum absolute atomic E-state index is 9.03. The summed E-state index contributed by atoms with van der Waals surface area (Å²) in [6.07, 6.45) is 1.91. The van der Waals surface area contributed by atoms with Crippen LogP contribution in [0.25, 0.3) is 22.2 Å². The van der Waals surface area contributed by atoms with Crippen molar-refractivity contribution < 1.29 is 14.3 Å². The fraction of sp³-hybridized carbons (Fsp3) is 0.167. The zero-order chi connectivity index (χ0) is 21.1. The molecule has 0 amide bonds. The zero-order valence-electron chi connectivity index (χ0n) is 17.1. The number of nitrogens with zero attached hydrogens (tertiary/aromatic N) is 2. The number of fused-ring (bicyclic) bond motifs is 1. The Hall–Kier alpha value is -3.43. The number of thioether (sulfide) groups is 1. The minimum absolute atomic E-state index is 0.606. The van der Waals surface area contributed by atoms with Crippen LogP contribution in [-0.2, 0) is 0 Å². The normalized spacial score (nSPS) is 10.7. The fourth-order valence-corrected chi connectivity index (χ4v) is 4.21. The molecular weight excluding hydrogens is 394 g/mol. The van der Waals surface area contributed by atoms with E-state index in [1.807, 2.05) is 37.4 Å². The molecule has 1 N–H and O–H groups in total. The molecule has 0 fully saturated rings. The van der Waals surface area contributed by atoms with E-state index in [1.54, 1.807) is 35.7 Å². The number of hydrogen-bond donors (Lipinski definition) is 1. The highest BCUT2D eigenvalue weighted by Gasteiger charge is 2.20. The van der Waals surface area contributed by atoms with Crippen molar-refractivity contribution in [1.82, 2.24) is 4.98 Å². The Morgan fingerprint density at radius 2 is 1.87 bits per heavy atom. The van der Waals surface area contributed by atoms with Gasteiger partial charge in [0.2, 0.25) is 0 Å². The van der Waals surface area contributed by atoms with Crippen molar-refractivity contribution in [2.24, 2.45) is 0 Å². The van der Waals surface area contributed by atoms with Crippen LogP contribution in [0.4, 0.5) is 0 Å². The molecule has 4 aromatic rings. The van der Waals surface area contributed by atoms with E-state index in [9.17, 15) is 0 Å². The van der Waals surface area contributed by atoms with Crippen LogP contribution >= 0.6 is 11.8 Å². The topological polar surface area (TPSA) is 61.9 Å². The van der Waals surface area contributed by atoms with Crippen LogP contribution in [0, 0.1) is 18.3 Å². The molecule has 0 radical (unpaired) electrons. The summed E-state index contributed by atoms with van der Waals surface area (Å²) in [6.45, 7) is 4.16. The summed E-state index contributed by atoms with van der Waals surface area (Å²) in [5.74, 6) is 2.44. The number of benzene rings is 2. The van der Waals surface area contributed by atoms with Gasteiger partial charge in [-0.3, -0.25) is 0 Å². The predicted molar refractivity (Wildman–Crippen MR) is 119 cm³/mol. The second-order valence-electron chi connectivity index (χ2n) is 6.75. The van der Waals surface area contributed by atoms with Crippen LogP contribution in [0.5, 0.6) is 11.5 Å². The average Bonchev–Trinajstić information content (AvgIpc) is 3.25. The van der Waals surface area contributed by atoms with Gasteiger partial charge in [0.1, 0.15) is 24.3 Å². The monoisotopic (exact) mass is 416 g/mol. The van der Waals surface area contributed by atoms with Gasteiger partial charge in [-0.1, -0.05) is 6.92 Å². The molecule has 2 aromatic carbocycles. The maximum Gasteiger partial charge on any atom is 0.326 e. The van der Waals surface area contributed by atoms with E-state index in [1.165, 1.54) is 4.90 Å². The van der Waals surface area contributed by atoms with Crippen LogP contribution in [-0.4, -0.2) is 17.8 Å². The molecule has 4 rings (SSSR count). The summed E-state index contributed by atoms with van der Waals surface area (Å²) >= 11 is 1.79. The number of nitriles is 1. The number of ether oxygens (including phenoxy) is 1. The lowest BCUT2D eigenvalue weighted by Gasteiger charge is -2.14. The molecule has 30 heavy (non-hydrogen) atoms. The molecule has 0 saturated heterocycles. The zero-order valence-corrected chi connectivity index (χ0v) is 17.9. The van der Waals surface area contributed by atoms with Gasteiger partial charge in [-0.25, -0.2) is 4.98 Å². The number of nitrogens with one attached hydrogen (secondary N) is 1. The van der Waals surface area contributed by atoms with Gasteiger partial charge in [-0.15, -0.1) is 11.8 Å². The molecule has 5 nitrogen and oxygen atoms in total. The second-order valence-corrected chi connectivity index (χ2v) is 8.08. The Labute approximate surface area is 179 Å². The van der Waals surface area contributed by atoms with E-state index in [2.05, 4.69) is 36.2 Å². The van der Waals surface area contributed by atoms with Gasteiger partial charge in [-0.2, -0.15) is 5.26 Å². The summed E-state index contributed by atoms with van der Waals surface area (Å²) in [5.41, 5.74) is 4.55. The molecule has 0 saturated carbocycles. The Morgan fingerprint density at radius 1 is 1.07 bits per heavy atom. The van der Waals surface area contributed by atoms with Crippen LogP contribution in [0.1, 0.15) is 18.2 Å².